The molecule has 0 saturated carbocycles. The Labute approximate surface area is 99.1 Å². The Kier molecular flexibility index (Phi) is 4.80. The van der Waals surface area contributed by atoms with E-state index in [0.717, 1.165) is 0 Å². The number of piperidine rings is 1. The van der Waals surface area contributed by atoms with Crippen molar-refractivity contribution >= 4 is 5.91 Å². The van der Waals surface area contributed by atoms with Crippen molar-refractivity contribution in [3.05, 3.63) is 0 Å². The van der Waals surface area contributed by atoms with Crippen LogP contribution in [0, 0.1) is 11.8 Å². The topological polar surface area (TPSA) is 46.3 Å². The molecule has 1 saturated heterocycles. The zero-order valence-corrected chi connectivity index (χ0v) is 9.96. The number of nitrogens with two attached hydrogens (primary N) is 1. The van der Waals surface area contributed by atoms with E-state index >= 15 is 0 Å². The van der Waals surface area contributed by atoms with Gasteiger partial charge in [0, 0.05) is 19.0 Å². The minimum atomic E-state index is -4.20. The molecule has 2 unspecified atom stereocenters. The minimum Gasteiger partial charge on any atom is -0.342 e. The molecule has 6 heteroatoms. The zero-order chi connectivity index (χ0) is 13.1. The van der Waals surface area contributed by atoms with Crippen LogP contribution in [-0.2, 0) is 4.79 Å². The molecule has 1 rings (SSSR count). The van der Waals surface area contributed by atoms with Crippen LogP contribution in [0.25, 0.3) is 0 Å². The van der Waals surface area contributed by atoms with Gasteiger partial charge < -0.3 is 10.6 Å². The van der Waals surface area contributed by atoms with Gasteiger partial charge in [-0.05, 0) is 25.8 Å². The third-order valence-electron chi connectivity index (χ3n) is 3.22. The van der Waals surface area contributed by atoms with Crippen molar-refractivity contribution in [1.82, 2.24) is 4.90 Å². The van der Waals surface area contributed by atoms with E-state index in [1.165, 1.54) is 4.90 Å². The number of hydrogen-bond acceptors (Lipinski definition) is 2. The fourth-order valence-corrected chi connectivity index (χ4v) is 2.13. The molecule has 0 bridgehead atoms. The van der Waals surface area contributed by atoms with Gasteiger partial charge in [-0.25, -0.2) is 0 Å². The van der Waals surface area contributed by atoms with E-state index in [9.17, 15) is 18.0 Å². The van der Waals surface area contributed by atoms with Crippen LogP contribution in [0.2, 0.25) is 0 Å². The Hall–Kier alpha value is -0.780. The molecule has 1 aliphatic rings. The number of likely N-dealkylation sites (tertiary alicyclic amines) is 1. The Morgan fingerprint density at radius 3 is 2.71 bits per heavy atom. The second-order valence-corrected chi connectivity index (χ2v) is 4.64. The molecule has 0 aromatic heterocycles. The van der Waals surface area contributed by atoms with Gasteiger partial charge in [-0.2, -0.15) is 13.2 Å². The quantitative estimate of drug-likeness (QED) is 0.832. The molecule has 0 aromatic carbocycles. The van der Waals surface area contributed by atoms with Gasteiger partial charge in [0.15, 0.2) is 0 Å². The molecule has 0 radical (unpaired) electrons. The van der Waals surface area contributed by atoms with E-state index in [0.29, 0.717) is 25.9 Å². The van der Waals surface area contributed by atoms with E-state index in [2.05, 4.69) is 0 Å². The predicted octanol–water partition coefficient (Wildman–Crippen LogP) is 1.77. The number of amides is 1. The van der Waals surface area contributed by atoms with Gasteiger partial charge in [-0.15, -0.1) is 0 Å². The first kappa shape index (κ1) is 14.3. The smallest absolute Gasteiger partial charge is 0.342 e. The van der Waals surface area contributed by atoms with Crippen molar-refractivity contribution in [3.63, 3.8) is 0 Å². The Morgan fingerprint density at radius 2 is 2.18 bits per heavy atom. The van der Waals surface area contributed by atoms with Gasteiger partial charge in [0.05, 0.1) is 5.92 Å². The molecule has 100 valence electrons. The lowest BCUT2D eigenvalue weighted by atomic mass is 9.95. The summed E-state index contributed by atoms with van der Waals surface area (Å²) in [7, 11) is 0. The molecule has 1 fully saturated rings. The molecule has 17 heavy (non-hydrogen) atoms. The maximum absolute atomic E-state index is 12.6. The molecule has 0 aromatic rings. The van der Waals surface area contributed by atoms with Crippen LogP contribution in [0.3, 0.4) is 0 Å². The summed E-state index contributed by atoms with van der Waals surface area (Å²) in [6.45, 7) is 2.33. The second-order valence-electron chi connectivity index (χ2n) is 4.64. The van der Waals surface area contributed by atoms with Crippen molar-refractivity contribution in [2.45, 2.75) is 32.4 Å². The molecule has 2 N–H and O–H groups in total. The summed E-state index contributed by atoms with van der Waals surface area (Å²) in [5.74, 6) is -1.86. The standard InChI is InChI=1S/C11H19F3N2O/c1-8(4-5-15)10(17)16-6-2-3-9(7-16)11(12,13)14/h8-9H,2-7,15H2,1H3. The van der Waals surface area contributed by atoms with Crippen LogP contribution < -0.4 is 5.73 Å². The lowest BCUT2D eigenvalue weighted by Crippen LogP contribution is -2.46. The average Bonchev–Trinajstić information content (AvgIpc) is 2.27. The first-order valence-corrected chi connectivity index (χ1v) is 5.91. The van der Waals surface area contributed by atoms with Crippen LogP contribution in [0.5, 0.6) is 0 Å². The minimum absolute atomic E-state index is 0.124. The van der Waals surface area contributed by atoms with E-state index in [1.807, 2.05) is 0 Å². The van der Waals surface area contributed by atoms with Gasteiger partial charge in [0.2, 0.25) is 5.91 Å². The molecular weight excluding hydrogens is 233 g/mol. The van der Waals surface area contributed by atoms with Crippen molar-refractivity contribution in [2.24, 2.45) is 17.6 Å². The number of carbonyl (C=O) groups excluding carboxylic acids is 1. The van der Waals surface area contributed by atoms with Gasteiger partial charge in [0.25, 0.3) is 0 Å². The highest BCUT2D eigenvalue weighted by molar-refractivity contribution is 5.78. The lowest BCUT2D eigenvalue weighted by molar-refractivity contribution is -0.188. The van der Waals surface area contributed by atoms with Crippen LogP contribution in [0.1, 0.15) is 26.2 Å². The Balaban J connectivity index is 2.57. The summed E-state index contributed by atoms with van der Waals surface area (Å²) in [4.78, 5) is 13.2. The Bertz CT molecular complexity index is 268. The van der Waals surface area contributed by atoms with Gasteiger partial charge in [-0.1, -0.05) is 6.92 Å². The van der Waals surface area contributed by atoms with E-state index in [1.54, 1.807) is 6.92 Å². The number of alkyl halides is 3. The number of rotatable bonds is 3. The number of hydrogen-bond donors (Lipinski definition) is 1. The summed E-state index contributed by atoms with van der Waals surface area (Å²) >= 11 is 0. The fourth-order valence-electron chi connectivity index (χ4n) is 2.13. The normalized spacial score (nSPS) is 23.6. The Morgan fingerprint density at radius 1 is 1.53 bits per heavy atom. The molecule has 1 amide bonds. The molecule has 1 aliphatic heterocycles. The maximum atomic E-state index is 12.6. The average molecular weight is 252 g/mol. The van der Waals surface area contributed by atoms with Crippen molar-refractivity contribution < 1.29 is 18.0 Å². The van der Waals surface area contributed by atoms with Crippen LogP contribution in [-0.4, -0.2) is 36.6 Å². The van der Waals surface area contributed by atoms with Gasteiger partial charge in [-0.3, -0.25) is 4.79 Å². The van der Waals surface area contributed by atoms with Crippen molar-refractivity contribution in [2.75, 3.05) is 19.6 Å². The van der Waals surface area contributed by atoms with Gasteiger partial charge in [0.1, 0.15) is 0 Å². The van der Waals surface area contributed by atoms with Gasteiger partial charge >= 0.3 is 6.18 Å². The molecule has 1 heterocycles. The monoisotopic (exact) mass is 252 g/mol. The van der Waals surface area contributed by atoms with Crippen LogP contribution >= 0.6 is 0 Å². The first-order valence-electron chi connectivity index (χ1n) is 5.91. The molecule has 3 nitrogen and oxygen atoms in total. The molecule has 0 aliphatic carbocycles. The van der Waals surface area contributed by atoms with Crippen molar-refractivity contribution in [3.8, 4) is 0 Å². The zero-order valence-electron chi connectivity index (χ0n) is 9.96. The van der Waals surface area contributed by atoms with Crippen LogP contribution in [0.4, 0.5) is 13.2 Å². The first-order chi connectivity index (χ1) is 7.86. The number of halogens is 3. The molecular formula is C11H19F3N2O. The predicted molar refractivity (Wildman–Crippen MR) is 58.2 cm³/mol. The summed E-state index contributed by atoms with van der Waals surface area (Å²) in [6, 6.07) is 0. The molecule has 2 atom stereocenters. The third kappa shape index (κ3) is 3.87. The van der Waals surface area contributed by atoms with Crippen LogP contribution in [0.15, 0.2) is 0 Å². The van der Waals surface area contributed by atoms with E-state index in [-0.39, 0.29) is 24.8 Å². The molecule has 0 spiro atoms. The number of carbonyl (C=O) groups is 1. The van der Waals surface area contributed by atoms with Crippen molar-refractivity contribution in [1.29, 1.82) is 0 Å². The SMILES string of the molecule is CC(CCN)C(=O)N1CCCC(C(F)(F)F)C1. The summed E-state index contributed by atoms with van der Waals surface area (Å²) in [5, 5.41) is 0. The summed E-state index contributed by atoms with van der Waals surface area (Å²) in [5.41, 5.74) is 5.34. The summed E-state index contributed by atoms with van der Waals surface area (Å²) in [6.07, 6.45) is -3.13. The van der Waals surface area contributed by atoms with E-state index < -0.39 is 12.1 Å². The lowest BCUT2D eigenvalue weighted by Gasteiger charge is -2.35. The third-order valence-corrected chi connectivity index (χ3v) is 3.22. The maximum Gasteiger partial charge on any atom is 0.393 e. The highest BCUT2D eigenvalue weighted by Gasteiger charge is 2.42. The largest absolute Gasteiger partial charge is 0.393 e. The summed E-state index contributed by atoms with van der Waals surface area (Å²) < 4.78 is 37.7. The second kappa shape index (κ2) is 5.71. The highest BCUT2D eigenvalue weighted by atomic mass is 19.4. The number of nitrogens with zero attached hydrogens (tertiary/aromatic N) is 1. The highest BCUT2D eigenvalue weighted by Crippen LogP contribution is 2.33. The fraction of sp³-hybridized carbons (Fsp3) is 0.909. The van der Waals surface area contributed by atoms with E-state index in [4.69, 9.17) is 5.73 Å².